The zero-order valence-corrected chi connectivity index (χ0v) is 14.7. The van der Waals surface area contributed by atoms with E-state index in [1.807, 2.05) is 28.8 Å². The summed E-state index contributed by atoms with van der Waals surface area (Å²) in [4.78, 5) is 18.0. The van der Waals surface area contributed by atoms with E-state index >= 15 is 0 Å². The van der Waals surface area contributed by atoms with E-state index in [0.29, 0.717) is 0 Å². The highest BCUT2D eigenvalue weighted by atomic mass is 16.1. The van der Waals surface area contributed by atoms with E-state index in [-0.39, 0.29) is 11.6 Å². The topological polar surface area (TPSA) is 34.9 Å². The van der Waals surface area contributed by atoms with E-state index in [9.17, 15) is 4.79 Å². The second-order valence-electron chi connectivity index (χ2n) is 7.00. The van der Waals surface area contributed by atoms with Crippen LogP contribution in [-0.2, 0) is 6.42 Å². The molecule has 1 saturated carbocycles. The monoisotopic (exact) mass is 332 g/mol. The van der Waals surface area contributed by atoms with Gasteiger partial charge in [0.2, 0.25) is 0 Å². The number of benzene rings is 1. The quantitative estimate of drug-likeness (QED) is 0.666. The highest BCUT2D eigenvalue weighted by molar-refractivity contribution is 5.81. The molecule has 0 spiro atoms. The Bertz CT molecular complexity index is 952. The third-order valence-corrected chi connectivity index (χ3v) is 5.38. The number of aryl methyl sites for hydroxylation is 1. The molecule has 0 bridgehead atoms. The number of hydrogen-bond donors (Lipinski definition) is 0. The van der Waals surface area contributed by atoms with Crippen molar-refractivity contribution in [1.82, 2.24) is 9.55 Å². The zero-order valence-electron chi connectivity index (χ0n) is 14.7. The maximum Gasteiger partial charge on any atom is 0.260 e. The standard InChI is InChI=1S/C22H24N2O/c1-2-16-8-6-9-17(14-16)20-15-18-10-7-13-23-21(18)24(22(20)25)19-11-4-3-5-12-19/h6-10,13-15,19H,2-5,11-12H2,1H3. The predicted octanol–water partition coefficient (Wildman–Crippen LogP) is 5.13. The van der Waals surface area contributed by atoms with E-state index in [2.05, 4.69) is 30.1 Å². The van der Waals surface area contributed by atoms with Crippen LogP contribution in [0.3, 0.4) is 0 Å². The molecule has 0 atom stereocenters. The van der Waals surface area contributed by atoms with Crippen molar-refractivity contribution in [2.24, 2.45) is 0 Å². The van der Waals surface area contributed by atoms with Crippen molar-refractivity contribution in [3.05, 3.63) is 64.6 Å². The normalized spacial score (nSPS) is 15.6. The molecule has 1 aliphatic rings. The van der Waals surface area contributed by atoms with Crippen molar-refractivity contribution in [2.75, 3.05) is 0 Å². The van der Waals surface area contributed by atoms with E-state index in [1.165, 1.54) is 24.8 Å². The van der Waals surface area contributed by atoms with Gasteiger partial charge in [0.25, 0.3) is 5.56 Å². The fourth-order valence-electron chi connectivity index (χ4n) is 4.01. The number of nitrogens with zero attached hydrogens (tertiary/aromatic N) is 2. The summed E-state index contributed by atoms with van der Waals surface area (Å²) in [6.07, 6.45) is 8.57. The van der Waals surface area contributed by atoms with Gasteiger partial charge < -0.3 is 0 Å². The van der Waals surface area contributed by atoms with Crippen LogP contribution in [0.1, 0.15) is 50.6 Å². The Morgan fingerprint density at radius 3 is 2.72 bits per heavy atom. The minimum Gasteiger partial charge on any atom is -0.289 e. The van der Waals surface area contributed by atoms with Gasteiger partial charge >= 0.3 is 0 Å². The molecule has 1 fully saturated rings. The van der Waals surface area contributed by atoms with Gasteiger partial charge in [-0.05, 0) is 48.6 Å². The van der Waals surface area contributed by atoms with E-state index in [4.69, 9.17) is 0 Å². The Morgan fingerprint density at radius 2 is 1.92 bits per heavy atom. The lowest BCUT2D eigenvalue weighted by atomic mass is 9.94. The Morgan fingerprint density at radius 1 is 1.08 bits per heavy atom. The second kappa shape index (κ2) is 6.83. The van der Waals surface area contributed by atoms with Gasteiger partial charge in [0.15, 0.2) is 0 Å². The van der Waals surface area contributed by atoms with Crippen LogP contribution in [-0.4, -0.2) is 9.55 Å². The van der Waals surface area contributed by atoms with Crippen molar-refractivity contribution >= 4 is 11.0 Å². The summed E-state index contributed by atoms with van der Waals surface area (Å²) in [5.74, 6) is 0. The summed E-state index contributed by atoms with van der Waals surface area (Å²) >= 11 is 0. The molecule has 0 N–H and O–H groups in total. The molecule has 0 saturated heterocycles. The molecule has 1 aliphatic carbocycles. The first-order valence-corrected chi connectivity index (χ1v) is 9.37. The largest absolute Gasteiger partial charge is 0.289 e. The summed E-state index contributed by atoms with van der Waals surface area (Å²) in [6, 6.07) is 14.6. The summed E-state index contributed by atoms with van der Waals surface area (Å²) in [7, 11) is 0. The lowest BCUT2D eigenvalue weighted by Crippen LogP contribution is -2.28. The highest BCUT2D eigenvalue weighted by Gasteiger charge is 2.21. The van der Waals surface area contributed by atoms with Gasteiger partial charge in [-0.2, -0.15) is 0 Å². The molecule has 1 aromatic carbocycles. The minimum absolute atomic E-state index is 0.103. The molecule has 0 aliphatic heterocycles. The van der Waals surface area contributed by atoms with E-state index in [0.717, 1.165) is 41.4 Å². The van der Waals surface area contributed by atoms with Gasteiger partial charge in [0.1, 0.15) is 5.65 Å². The Hall–Kier alpha value is -2.42. The summed E-state index contributed by atoms with van der Waals surface area (Å²) in [5, 5.41) is 1.05. The van der Waals surface area contributed by atoms with Crippen molar-refractivity contribution in [3.8, 4) is 11.1 Å². The molecule has 2 heterocycles. The molecule has 3 nitrogen and oxygen atoms in total. The molecular weight excluding hydrogens is 308 g/mol. The van der Waals surface area contributed by atoms with Crippen LogP contribution < -0.4 is 5.56 Å². The Balaban J connectivity index is 1.96. The maximum absolute atomic E-state index is 13.4. The molecule has 25 heavy (non-hydrogen) atoms. The molecule has 2 aromatic heterocycles. The fourth-order valence-corrected chi connectivity index (χ4v) is 4.01. The van der Waals surface area contributed by atoms with Crippen molar-refractivity contribution in [2.45, 2.75) is 51.5 Å². The number of aromatic nitrogens is 2. The molecule has 3 aromatic rings. The molecule has 0 unspecified atom stereocenters. The molecule has 0 radical (unpaired) electrons. The first-order valence-electron chi connectivity index (χ1n) is 9.37. The van der Waals surface area contributed by atoms with Crippen LogP contribution in [0.5, 0.6) is 0 Å². The third-order valence-electron chi connectivity index (χ3n) is 5.38. The van der Waals surface area contributed by atoms with E-state index < -0.39 is 0 Å². The average molecular weight is 332 g/mol. The maximum atomic E-state index is 13.4. The first kappa shape index (κ1) is 16.1. The number of hydrogen-bond acceptors (Lipinski definition) is 2. The van der Waals surface area contributed by atoms with Crippen LogP contribution in [0.25, 0.3) is 22.2 Å². The van der Waals surface area contributed by atoms with Crippen molar-refractivity contribution in [3.63, 3.8) is 0 Å². The van der Waals surface area contributed by atoms with Crippen LogP contribution in [0.2, 0.25) is 0 Å². The van der Waals surface area contributed by atoms with Crippen LogP contribution in [0.4, 0.5) is 0 Å². The highest BCUT2D eigenvalue weighted by Crippen LogP contribution is 2.30. The predicted molar refractivity (Wildman–Crippen MR) is 103 cm³/mol. The second-order valence-corrected chi connectivity index (χ2v) is 7.00. The van der Waals surface area contributed by atoms with Crippen LogP contribution >= 0.6 is 0 Å². The van der Waals surface area contributed by atoms with Gasteiger partial charge in [-0.15, -0.1) is 0 Å². The number of rotatable bonds is 3. The molecule has 3 heteroatoms. The lowest BCUT2D eigenvalue weighted by molar-refractivity contribution is 0.353. The minimum atomic E-state index is 0.103. The van der Waals surface area contributed by atoms with Gasteiger partial charge in [0.05, 0.1) is 0 Å². The Kier molecular flexibility index (Phi) is 4.39. The molecular formula is C22H24N2O. The van der Waals surface area contributed by atoms with E-state index in [1.54, 1.807) is 6.20 Å². The smallest absolute Gasteiger partial charge is 0.260 e. The molecule has 4 rings (SSSR count). The van der Waals surface area contributed by atoms with Gasteiger partial charge in [0, 0.05) is 23.2 Å². The first-order chi connectivity index (χ1) is 12.3. The van der Waals surface area contributed by atoms with Crippen molar-refractivity contribution < 1.29 is 0 Å². The lowest BCUT2D eigenvalue weighted by Gasteiger charge is -2.25. The van der Waals surface area contributed by atoms with Crippen LogP contribution in [0, 0.1) is 0 Å². The molecule has 0 amide bonds. The van der Waals surface area contributed by atoms with Gasteiger partial charge in [-0.25, -0.2) is 4.98 Å². The fraction of sp³-hybridized carbons (Fsp3) is 0.364. The van der Waals surface area contributed by atoms with Crippen molar-refractivity contribution in [1.29, 1.82) is 0 Å². The van der Waals surface area contributed by atoms with Gasteiger partial charge in [-0.3, -0.25) is 9.36 Å². The zero-order chi connectivity index (χ0) is 17.2. The summed E-state index contributed by atoms with van der Waals surface area (Å²) in [5.41, 5.74) is 3.99. The number of fused-ring (bicyclic) bond motifs is 1. The third kappa shape index (κ3) is 2.99. The number of pyridine rings is 2. The van der Waals surface area contributed by atoms with Crippen LogP contribution in [0.15, 0.2) is 53.5 Å². The summed E-state index contributed by atoms with van der Waals surface area (Å²) in [6.45, 7) is 2.14. The summed E-state index contributed by atoms with van der Waals surface area (Å²) < 4.78 is 1.97. The average Bonchev–Trinajstić information content (AvgIpc) is 2.68. The SMILES string of the molecule is CCc1cccc(-c2cc3cccnc3n(C3CCCCC3)c2=O)c1. The Labute approximate surface area is 148 Å². The van der Waals surface area contributed by atoms with Gasteiger partial charge in [-0.1, -0.05) is 50.5 Å². The molecule has 128 valence electrons.